The maximum atomic E-state index is 12.7. The Morgan fingerprint density at radius 1 is 1.07 bits per heavy atom. The number of hydrogen-bond acceptors (Lipinski definition) is 4. The van der Waals surface area contributed by atoms with Gasteiger partial charge in [-0.3, -0.25) is 9.59 Å². The standard InChI is InChI=1S/C19H18F3NO4/c1-2-26-16-9-4-3-8-15(16)18(25)23-11-17(24)27-12-13-6-5-7-14(10-13)19(20,21)22/h3-10H,2,11-12H2,1H3,(H,23,25). The van der Waals surface area contributed by atoms with Crippen LogP contribution in [0.25, 0.3) is 0 Å². The predicted molar refractivity (Wildman–Crippen MR) is 91.2 cm³/mol. The van der Waals surface area contributed by atoms with Gasteiger partial charge in [-0.15, -0.1) is 0 Å². The van der Waals surface area contributed by atoms with E-state index in [4.69, 9.17) is 9.47 Å². The molecular weight excluding hydrogens is 363 g/mol. The summed E-state index contributed by atoms with van der Waals surface area (Å²) in [7, 11) is 0. The van der Waals surface area contributed by atoms with Crippen molar-refractivity contribution in [1.29, 1.82) is 0 Å². The summed E-state index contributed by atoms with van der Waals surface area (Å²) in [5, 5.41) is 2.40. The van der Waals surface area contributed by atoms with Crippen molar-refractivity contribution in [2.24, 2.45) is 0 Å². The van der Waals surface area contributed by atoms with Gasteiger partial charge < -0.3 is 14.8 Å². The van der Waals surface area contributed by atoms with Crippen molar-refractivity contribution in [3.05, 3.63) is 65.2 Å². The fourth-order valence-corrected chi connectivity index (χ4v) is 2.24. The van der Waals surface area contributed by atoms with Gasteiger partial charge in [0.15, 0.2) is 0 Å². The first kappa shape index (κ1) is 20.3. The van der Waals surface area contributed by atoms with Crippen molar-refractivity contribution in [1.82, 2.24) is 5.32 Å². The number of halogens is 3. The molecule has 2 aromatic rings. The summed E-state index contributed by atoms with van der Waals surface area (Å²) in [5.41, 5.74) is -0.354. The first-order chi connectivity index (χ1) is 12.8. The van der Waals surface area contributed by atoms with Crippen LogP contribution in [-0.2, 0) is 22.3 Å². The lowest BCUT2D eigenvalue weighted by Gasteiger charge is -2.11. The molecule has 0 aliphatic rings. The first-order valence-electron chi connectivity index (χ1n) is 8.13. The number of para-hydroxylation sites is 1. The monoisotopic (exact) mass is 381 g/mol. The zero-order valence-electron chi connectivity index (χ0n) is 14.5. The number of carbonyl (C=O) groups is 2. The predicted octanol–water partition coefficient (Wildman–Crippen LogP) is 3.58. The van der Waals surface area contributed by atoms with E-state index in [2.05, 4.69) is 5.32 Å². The Labute approximate surface area is 154 Å². The van der Waals surface area contributed by atoms with Gasteiger partial charge in [0.05, 0.1) is 17.7 Å². The fraction of sp³-hybridized carbons (Fsp3) is 0.263. The molecule has 0 bridgehead atoms. The molecule has 0 fully saturated rings. The molecule has 0 atom stereocenters. The largest absolute Gasteiger partial charge is 0.493 e. The van der Waals surface area contributed by atoms with Gasteiger partial charge in [-0.05, 0) is 36.8 Å². The summed E-state index contributed by atoms with van der Waals surface area (Å²) < 4.78 is 48.2. The number of ether oxygens (including phenoxy) is 2. The van der Waals surface area contributed by atoms with Crippen molar-refractivity contribution in [3.63, 3.8) is 0 Å². The molecule has 0 unspecified atom stereocenters. The van der Waals surface area contributed by atoms with Crippen LogP contribution in [0.15, 0.2) is 48.5 Å². The Morgan fingerprint density at radius 3 is 2.52 bits per heavy atom. The second kappa shape index (κ2) is 9.07. The Hall–Kier alpha value is -3.03. The number of hydrogen-bond donors (Lipinski definition) is 1. The van der Waals surface area contributed by atoms with Crippen LogP contribution in [0, 0.1) is 0 Å². The molecule has 27 heavy (non-hydrogen) atoms. The van der Waals surface area contributed by atoms with Gasteiger partial charge in [-0.1, -0.05) is 24.3 Å². The summed E-state index contributed by atoms with van der Waals surface area (Å²) in [4.78, 5) is 23.9. The summed E-state index contributed by atoms with van der Waals surface area (Å²) in [5.74, 6) is -0.903. The molecule has 8 heteroatoms. The van der Waals surface area contributed by atoms with Crippen LogP contribution in [0.3, 0.4) is 0 Å². The second-order valence-corrected chi connectivity index (χ2v) is 5.47. The molecule has 1 amide bonds. The SMILES string of the molecule is CCOc1ccccc1C(=O)NCC(=O)OCc1cccc(C(F)(F)F)c1. The van der Waals surface area contributed by atoms with Gasteiger partial charge >= 0.3 is 12.1 Å². The number of nitrogens with one attached hydrogen (secondary N) is 1. The highest BCUT2D eigenvalue weighted by Gasteiger charge is 2.30. The third kappa shape index (κ3) is 6.02. The lowest BCUT2D eigenvalue weighted by molar-refractivity contribution is -0.143. The van der Waals surface area contributed by atoms with Crippen LogP contribution in [0.2, 0.25) is 0 Å². The first-order valence-corrected chi connectivity index (χ1v) is 8.13. The zero-order chi connectivity index (χ0) is 19.9. The minimum absolute atomic E-state index is 0.200. The molecule has 5 nitrogen and oxygen atoms in total. The molecule has 0 heterocycles. The highest BCUT2D eigenvalue weighted by atomic mass is 19.4. The van der Waals surface area contributed by atoms with Crippen molar-refractivity contribution in [3.8, 4) is 5.75 Å². The Balaban J connectivity index is 1.87. The van der Waals surface area contributed by atoms with Gasteiger partial charge in [-0.2, -0.15) is 13.2 Å². The minimum atomic E-state index is -4.47. The Morgan fingerprint density at radius 2 is 1.81 bits per heavy atom. The molecule has 0 spiro atoms. The van der Waals surface area contributed by atoms with Gasteiger partial charge in [0, 0.05) is 0 Å². The van der Waals surface area contributed by atoms with Crippen LogP contribution in [0.5, 0.6) is 5.75 Å². The maximum absolute atomic E-state index is 12.7. The molecule has 144 valence electrons. The molecule has 2 aromatic carbocycles. The topological polar surface area (TPSA) is 64.6 Å². The molecule has 2 rings (SSSR count). The molecule has 0 aliphatic heterocycles. The second-order valence-electron chi connectivity index (χ2n) is 5.47. The summed E-state index contributed by atoms with van der Waals surface area (Å²) in [6, 6.07) is 11.0. The third-order valence-corrected chi connectivity index (χ3v) is 3.48. The quantitative estimate of drug-likeness (QED) is 0.745. The average molecular weight is 381 g/mol. The Kier molecular flexibility index (Phi) is 6.81. The van der Waals surface area contributed by atoms with Crippen LogP contribution in [0.1, 0.15) is 28.4 Å². The van der Waals surface area contributed by atoms with Gasteiger partial charge in [0.25, 0.3) is 5.91 Å². The Bertz CT molecular complexity index is 806. The van der Waals surface area contributed by atoms with Crippen LogP contribution < -0.4 is 10.1 Å². The highest BCUT2D eigenvalue weighted by molar-refractivity contribution is 5.98. The van der Waals surface area contributed by atoms with E-state index in [9.17, 15) is 22.8 Å². The van der Waals surface area contributed by atoms with E-state index in [0.29, 0.717) is 12.4 Å². The van der Waals surface area contributed by atoms with E-state index in [-0.39, 0.29) is 17.7 Å². The summed E-state index contributed by atoms with van der Waals surface area (Å²) in [6.07, 6.45) is -4.47. The van der Waals surface area contributed by atoms with E-state index in [0.717, 1.165) is 12.1 Å². The maximum Gasteiger partial charge on any atom is 0.416 e. The van der Waals surface area contributed by atoms with E-state index >= 15 is 0 Å². The number of alkyl halides is 3. The van der Waals surface area contributed by atoms with Gasteiger partial charge in [0.1, 0.15) is 18.9 Å². The van der Waals surface area contributed by atoms with Crippen LogP contribution in [0.4, 0.5) is 13.2 Å². The van der Waals surface area contributed by atoms with Crippen LogP contribution >= 0.6 is 0 Å². The number of benzene rings is 2. The van der Waals surface area contributed by atoms with Gasteiger partial charge in [0.2, 0.25) is 0 Å². The van der Waals surface area contributed by atoms with E-state index in [1.807, 2.05) is 0 Å². The fourth-order valence-electron chi connectivity index (χ4n) is 2.24. The molecule has 0 saturated heterocycles. The molecule has 0 aliphatic carbocycles. The summed E-state index contributed by atoms with van der Waals surface area (Å²) in [6.45, 7) is 1.41. The van der Waals surface area contributed by atoms with Gasteiger partial charge in [-0.25, -0.2) is 0 Å². The number of esters is 1. The van der Waals surface area contributed by atoms with E-state index in [1.54, 1.807) is 31.2 Å². The van der Waals surface area contributed by atoms with Crippen molar-refractivity contribution < 1.29 is 32.2 Å². The number of rotatable bonds is 7. The zero-order valence-corrected chi connectivity index (χ0v) is 14.5. The normalized spacial score (nSPS) is 11.0. The van der Waals surface area contributed by atoms with Crippen molar-refractivity contribution >= 4 is 11.9 Å². The number of amides is 1. The molecular formula is C19H18F3NO4. The van der Waals surface area contributed by atoms with Crippen LogP contribution in [-0.4, -0.2) is 25.0 Å². The van der Waals surface area contributed by atoms with Crippen molar-refractivity contribution in [2.45, 2.75) is 19.7 Å². The molecule has 0 aromatic heterocycles. The lowest BCUT2D eigenvalue weighted by atomic mass is 10.1. The van der Waals surface area contributed by atoms with Crippen molar-refractivity contribution in [2.75, 3.05) is 13.2 Å². The molecule has 0 radical (unpaired) electrons. The molecule has 0 saturated carbocycles. The minimum Gasteiger partial charge on any atom is -0.493 e. The lowest BCUT2D eigenvalue weighted by Crippen LogP contribution is -2.30. The van der Waals surface area contributed by atoms with E-state index < -0.39 is 30.2 Å². The number of carbonyl (C=O) groups excluding carboxylic acids is 2. The average Bonchev–Trinajstić information content (AvgIpc) is 2.64. The summed E-state index contributed by atoms with van der Waals surface area (Å²) >= 11 is 0. The smallest absolute Gasteiger partial charge is 0.416 e. The highest BCUT2D eigenvalue weighted by Crippen LogP contribution is 2.29. The molecule has 1 N–H and O–H groups in total. The van der Waals surface area contributed by atoms with E-state index in [1.165, 1.54) is 12.1 Å². The third-order valence-electron chi connectivity index (χ3n) is 3.48.